The van der Waals surface area contributed by atoms with Gasteiger partial charge in [0.05, 0.1) is 43.8 Å². The largest absolute Gasteiger partial charge is 0.497 e. The van der Waals surface area contributed by atoms with Crippen molar-refractivity contribution in [1.29, 1.82) is 0 Å². The summed E-state index contributed by atoms with van der Waals surface area (Å²) >= 11 is 0. The van der Waals surface area contributed by atoms with Gasteiger partial charge in [-0.25, -0.2) is 0 Å². The lowest BCUT2D eigenvalue weighted by Crippen LogP contribution is -2.57. The normalized spacial score (nSPS) is 28.5. The summed E-state index contributed by atoms with van der Waals surface area (Å²) in [4.78, 5) is 44.7. The van der Waals surface area contributed by atoms with E-state index in [9.17, 15) is 19.5 Å². The summed E-state index contributed by atoms with van der Waals surface area (Å²) in [5, 5.41) is 16.7. The van der Waals surface area contributed by atoms with E-state index in [1.54, 1.807) is 55.6 Å². The Balaban J connectivity index is 1.38. The number of carbonyl (C=O) groups excluding carboxylic acids is 3. The van der Waals surface area contributed by atoms with Crippen molar-refractivity contribution in [3.8, 4) is 11.5 Å². The maximum absolute atomic E-state index is 14.7. The topological polar surface area (TPSA) is 126 Å². The number of aliphatic hydroxyl groups is 1. The Morgan fingerprint density at radius 3 is 2.17 bits per heavy atom. The summed E-state index contributed by atoms with van der Waals surface area (Å²) < 4.78 is 17.7. The predicted molar refractivity (Wildman–Crippen MR) is 173 cm³/mol. The number of rotatable bonds is 11. The number of hydrogen-bond donors (Lipinski definition) is 3. The van der Waals surface area contributed by atoms with Gasteiger partial charge in [0, 0.05) is 11.4 Å². The fraction of sp³-hybridized carbons (Fsp3) is 0.417. The van der Waals surface area contributed by atoms with Gasteiger partial charge >= 0.3 is 0 Å². The van der Waals surface area contributed by atoms with Gasteiger partial charge in [0.2, 0.25) is 17.7 Å². The van der Waals surface area contributed by atoms with E-state index in [2.05, 4.69) is 10.6 Å². The molecule has 3 aromatic carbocycles. The van der Waals surface area contributed by atoms with Gasteiger partial charge in [0.1, 0.15) is 23.1 Å². The molecule has 0 aromatic heterocycles. The fourth-order valence-corrected chi connectivity index (χ4v) is 7.81. The molecule has 3 saturated heterocycles. The summed E-state index contributed by atoms with van der Waals surface area (Å²) in [5.74, 6) is -1.75. The van der Waals surface area contributed by atoms with Gasteiger partial charge in [-0.3, -0.25) is 14.4 Å². The predicted octanol–water partition coefficient (Wildman–Crippen LogP) is 4.29. The molecule has 2 bridgehead atoms. The summed E-state index contributed by atoms with van der Waals surface area (Å²) in [6.45, 7) is 5.93. The Morgan fingerprint density at radius 2 is 1.59 bits per heavy atom. The molecule has 6 rings (SSSR count). The molecule has 10 heteroatoms. The van der Waals surface area contributed by atoms with Crippen molar-refractivity contribution in [2.45, 2.75) is 56.9 Å². The van der Waals surface area contributed by atoms with Crippen LogP contribution >= 0.6 is 0 Å². The molecule has 3 N–H and O–H groups in total. The van der Waals surface area contributed by atoms with Crippen molar-refractivity contribution >= 4 is 29.1 Å². The number of fused-ring (bicyclic) bond motifs is 1. The highest BCUT2D eigenvalue weighted by atomic mass is 16.5. The third-order valence-electron chi connectivity index (χ3n) is 9.99. The van der Waals surface area contributed by atoms with Crippen LogP contribution in [0.15, 0.2) is 78.9 Å². The van der Waals surface area contributed by atoms with Crippen LogP contribution in [0.2, 0.25) is 0 Å². The molecular weight excluding hydrogens is 586 g/mol. The highest BCUT2D eigenvalue weighted by molar-refractivity contribution is 6.05. The molecule has 1 spiro atoms. The second kappa shape index (κ2) is 12.4. The number of benzene rings is 3. The van der Waals surface area contributed by atoms with Gasteiger partial charge in [-0.2, -0.15) is 0 Å². The SMILES string of the molecule is CCOc1ccc(NC(=O)[C@@H]2[C@H]3C(=O)N([C@@H](CO)Cc4ccccc4)C(C(=O)Nc4ccc(OC)cc4)C34CC(C)[C@@]2(C)O4)cc1. The zero-order valence-corrected chi connectivity index (χ0v) is 26.6. The number of nitrogens with one attached hydrogen (secondary N) is 2. The van der Waals surface area contributed by atoms with Gasteiger partial charge in [-0.15, -0.1) is 0 Å². The third kappa shape index (κ3) is 5.29. The van der Waals surface area contributed by atoms with E-state index >= 15 is 0 Å². The van der Waals surface area contributed by atoms with Crippen LogP contribution in [0.25, 0.3) is 0 Å². The third-order valence-corrected chi connectivity index (χ3v) is 9.99. The minimum Gasteiger partial charge on any atom is -0.497 e. The van der Waals surface area contributed by atoms with Crippen LogP contribution in [0.5, 0.6) is 11.5 Å². The van der Waals surface area contributed by atoms with E-state index in [-0.39, 0.29) is 24.3 Å². The molecule has 46 heavy (non-hydrogen) atoms. The number of nitrogens with zero attached hydrogens (tertiary/aromatic N) is 1. The Morgan fingerprint density at radius 1 is 0.978 bits per heavy atom. The van der Waals surface area contributed by atoms with Crippen LogP contribution in [-0.2, 0) is 25.5 Å². The first-order chi connectivity index (χ1) is 22.1. The standard InChI is InChI=1S/C36H41N3O7/c1-5-45-28-17-13-24(14-18-28)37-32(41)29-30-34(43)39(26(21-40)19-23-9-7-6-8-10-23)31(36(30)20-22(2)35(29,3)46-36)33(42)38-25-11-15-27(44-4)16-12-25/h6-18,22,26,29-31,40H,5,19-21H2,1-4H3,(H,37,41)(H,38,42)/t22?,26-,29+,30+,31?,35-,36?/m1/s1. The molecule has 3 aliphatic rings. The Kier molecular flexibility index (Phi) is 8.52. The summed E-state index contributed by atoms with van der Waals surface area (Å²) in [7, 11) is 1.56. The van der Waals surface area contributed by atoms with Crippen LogP contribution in [0.4, 0.5) is 11.4 Å². The Labute approximate surface area is 269 Å². The fourth-order valence-electron chi connectivity index (χ4n) is 7.81. The molecule has 7 atom stereocenters. The molecule has 3 aromatic rings. The number of hydrogen-bond acceptors (Lipinski definition) is 7. The molecule has 0 radical (unpaired) electrons. The van der Waals surface area contributed by atoms with E-state index in [0.29, 0.717) is 42.3 Å². The van der Waals surface area contributed by atoms with Gasteiger partial charge < -0.3 is 34.9 Å². The molecule has 0 aliphatic carbocycles. The molecule has 10 nitrogen and oxygen atoms in total. The first-order valence-electron chi connectivity index (χ1n) is 15.8. The van der Waals surface area contributed by atoms with E-state index in [0.717, 1.165) is 5.56 Å². The highest BCUT2D eigenvalue weighted by Crippen LogP contribution is 2.65. The molecule has 3 fully saturated rings. The summed E-state index contributed by atoms with van der Waals surface area (Å²) in [6.07, 6.45) is 0.738. The number of amides is 3. The molecule has 0 saturated carbocycles. The van der Waals surface area contributed by atoms with Gasteiger partial charge in [-0.05, 0) is 86.7 Å². The average molecular weight is 628 g/mol. The number of ether oxygens (including phenoxy) is 3. The first kappa shape index (κ1) is 31.6. The minimum absolute atomic E-state index is 0.134. The number of carbonyl (C=O) groups is 3. The molecular formula is C36H41N3O7. The zero-order chi connectivity index (χ0) is 32.6. The van der Waals surface area contributed by atoms with Crippen molar-refractivity contribution in [2.24, 2.45) is 17.8 Å². The maximum Gasteiger partial charge on any atom is 0.250 e. The minimum atomic E-state index is -1.27. The van der Waals surface area contributed by atoms with Crippen LogP contribution in [0, 0.1) is 17.8 Å². The monoisotopic (exact) mass is 627 g/mol. The summed E-state index contributed by atoms with van der Waals surface area (Å²) in [5.41, 5.74) is -0.261. The highest BCUT2D eigenvalue weighted by Gasteiger charge is 2.80. The number of aliphatic hydroxyl groups excluding tert-OH is 1. The number of anilines is 2. The van der Waals surface area contributed by atoms with Gasteiger partial charge in [-0.1, -0.05) is 37.3 Å². The smallest absolute Gasteiger partial charge is 0.250 e. The lowest BCUT2D eigenvalue weighted by molar-refractivity contribution is -0.147. The van der Waals surface area contributed by atoms with Crippen molar-refractivity contribution in [3.05, 3.63) is 84.4 Å². The molecule has 3 heterocycles. The quantitative estimate of drug-likeness (QED) is 0.290. The Bertz CT molecular complexity index is 1580. The van der Waals surface area contributed by atoms with Gasteiger partial charge in [0.25, 0.3) is 0 Å². The zero-order valence-electron chi connectivity index (χ0n) is 26.6. The van der Waals surface area contributed by atoms with Crippen LogP contribution in [0.1, 0.15) is 32.8 Å². The summed E-state index contributed by atoms with van der Waals surface area (Å²) in [6, 6.07) is 21.7. The van der Waals surface area contributed by atoms with Gasteiger partial charge in [0.15, 0.2) is 0 Å². The van der Waals surface area contributed by atoms with Crippen LogP contribution < -0.4 is 20.1 Å². The molecule has 3 unspecified atom stereocenters. The van der Waals surface area contributed by atoms with Crippen LogP contribution in [0.3, 0.4) is 0 Å². The number of likely N-dealkylation sites (tertiary alicyclic amines) is 1. The van der Waals surface area contributed by atoms with Crippen LogP contribution in [-0.4, -0.2) is 71.3 Å². The Hall–Kier alpha value is -4.41. The second-order valence-electron chi connectivity index (χ2n) is 12.6. The second-order valence-corrected chi connectivity index (χ2v) is 12.6. The van der Waals surface area contributed by atoms with E-state index in [1.165, 1.54) is 4.90 Å². The first-order valence-corrected chi connectivity index (χ1v) is 15.8. The molecule has 242 valence electrons. The molecule has 3 aliphatic heterocycles. The maximum atomic E-state index is 14.7. The van der Waals surface area contributed by atoms with Crippen molar-refractivity contribution in [1.82, 2.24) is 4.90 Å². The van der Waals surface area contributed by atoms with E-state index in [1.807, 2.05) is 51.1 Å². The van der Waals surface area contributed by atoms with Crippen molar-refractivity contribution in [3.63, 3.8) is 0 Å². The lowest BCUT2D eigenvalue weighted by Gasteiger charge is -2.37. The molecule has 3 amide bonds. The lowest BCUT2D eigenvalue weighted by atomic mass is 9.62. The van der Waals surface area contributed by atoms with E-state index in [4.69, 9.17) is 14.2 Å². The van der Waals surface area contributed by atoms with E-state index < -0.39 is 41.0 Å². The number of methoxy groups -OCH3 is 1. The average Bonchev–Trinajstić information content (AvgIpc) is 3.58. The van der Waals surface area contributed by atoms with Crippen molar-refractivity contribution < 1.29 is 33.7 Å². The van der Waals surface area contributed by atoms with Crippen molar-refractivity contribution in [2.75, 3.05) is 31.0 Å².